The van der Waals surface area contributed by atoms with Gasteiger partial charge >= 0.3 is 0 Å². The molecule has 2 rings (SSSR count). The van der Waals surface area contributed by atoms with E-state index in [1.54, 1.807) is 25.1 Å². The van der Waals surface area contributed by atoms with Crippen molar-refractivity contribution in [2.45, 2.75) is 19.4 Å². The van der Waals surface area contributed by atoms with Gasteiger partial charge in [0.1, 0.15) is 0 Å². The first-order valence-corrected chi connectivity index (χ1v) is 9.34. The Hall–Kier alpha value is -1.35. The molecule has 2 unspecified atom stereocenters. The lowest BCUT2D eigenvalue weighted by atomic mass is 10.1. The average Bonchev–Trinajstić information content (AvgIpc) is 2.89. The maximum absolute atomic E-state index is 12.2. The molecule has 0 bridgehead atoms. The van der Waals surface area contributed by atoms with E-state index in [0.29, 0.717) is 37.3 Å². The molecule has 0 aliphatic carbocycles. The SMILES string of the molecule is CCCS(=O)(=O)Nc1cccc(C(=O)NCC2CNCC2O)c1.Cl. The van der Waals surface area contributed by atoms with E-state index in [1.807, 2.05) is 0 Å². The molecular weight excluding hydrogens is 354 g/mol. The summed E-state index contributed by atoms with van der Waals surface area (Å²) in [6.45, 7) is 3.36. The molecule has 1 fully saturated rings. The fraction of sp³-hybridized carbons (Fsp3) is 0.533. The summed E-state index contributed by atoms with van der Waals surface area (Å²) in [6, 6.07) is 6.36. The van der Waals surface area contributed by atoms with Gasteiger partial charge in [-0.25, -0.2) is 8.42 Å². The summed E-state index contributed by atoms with van der Waals surface area (Å²) in [5.41, 5.74) is 0.746. The minimum atomic E-state index is -3.38. The molecule has 1 saturated heterocycles. The Balaban J connectivity index is 0.00000288. The highest BCUT2D eigenvalue weighted by Crippen LogP contribution is 2.13. The second-order valence-corrected chi connectivity index (χ2v) is 7.54. The Morgan fingerprint density at radius 2 is 2.12 bits per heavy atom. The molecule has 2 atom stereocenters. The highest BCUT2D eigenvalue weighted by atomic mass is 35.5. The lowest BCUT2D eigenvalue weighted by Gasteiger charge is -2.14. The van der Waals surface area contributed by atoms with E-state index in [4.69, 9.17) is 0 Å². The van der Waals surface area contributed by atoms with Crippen LogP contribution in [-0.4, -0.2) is 50.9 Å². The lowest BCUT2D eigenvalue weighted by molar-refractivity contribution is 0.0927. The minimum absolute atomic E-state index is 0. The van der Waals surface area contributed by atoms with Gasteiger partial charge < -0.3 is 15.7 Å². The maximum Gasteiger partial charge on any atom is 0.251 e. The number of hydrogen-bond acceptors (Lipinski definition) is 5. The molecule has 7 nitrogen and oxygen atoms in total. The van der Waals surface area contributed by atoms with Crippen LogP contribution in [0.5, 0.6) is 0 Å². The number of carbonyl (C=O) groups excluding carboxylic acids is 1. The predicted octanol–water partition coefficient (Wildman–Crippen LogP) is 0.570. The van der Waals surface area contributed by atoms with Gasteiger partial charge in [0, 0.05) is 36.8 Å². The van der Waals surface area contributed by atoms with Gasteiger partial charge in [-0.2, -0.15) is 0 Å². The third-order valence-electron chi connectivity index (χ3n) is 3.70. The maximum atomic E-state index is 12.2. The van der Waals surface area contributed by atoms with Gasteiger partial charge in [0.2, 0.25) is 10.0 Å². The molecule has 0 saturated carbocycles. The summed E-state index contributed by atoms with van der Waals surface area (Å²) in [4.78, 5) is 12.2. The number of aliphatic hydroxyl groups excluding tert-OH is 1. The molecule has 1 aromatic carbocycles. The van der Waals surface area contributed by atoms with E-state index >= 15 is 0 Å². The van der Waals surface area contributed by atoms with Crippen molar-refractivity contribution in [2.75, 3.05) is 30.1 Å². The van der Waals surface area contributed by atoms with E-state index in [9.17, 15) is 18.3 Å². The Morgan fingerprint density at radius 3 is 2.75 bits per heavy atom. The third kappa shape index (κ3) is 5.94. The first-order chi connectivity index (χ1) is 10.9. The Labute approximate surface area is 148 Å². The summed E-state index contributed by atoms with van der Waals surface area (Å²) in [7, 11) is -3.38. The van der Waals surface area contributed by atoms with Crippen molar-refractivity contribution in [2.24, 2.45) is 5.92 Å². The second kappa shape index (κ2) is 9.22. The van der Waals surface area contributed by atoms with E-state index in [2.05, 4.69) is 15.4 Å². The molecular formula is C15H24ClN3O4S. The average molecular weight is 378 g/mol. The zero-order chi connectivity index (χ0) is 16.9. The predicted molar refractivity (Wildman–Crippen MR) is 96.1 cm³/mol. The number of amides is 1. The van der Waals surface area contributed by atoms with E-state index in [0.717, 1.165) is 0 Å². The number of halogens is 1. The first-order valence-electron chi connectivity index (χ1n) is 7.69. The Morgan fingerprint density at radius 1 is 1.38 bits per heavy atom. The van der Waals surface area contributed by atoms with Crippen LogP contribution in [0.3, 0.4) is 0 Å². The molecule has 1 aromatic rings. The molecule has 136 valence electrons. The van der Waals surface area contributed by atoms with Gasteiger partial charge in [-0.15, -0.1) is 12.4 Å². The van der Waals surface area contributed by atoms with Crippen LogP contribution in [-0.2, 0) is 10.0 Å². The molecule has 0 radical (unpaired) electrons. The van der Waals surface area contributed by atoms with Gasteiger partial charge in [-0.05, 0) is 24.6 Å². The normalized spacial score (nSPS) is 20.2. The third-order valence-corrected chi connectivity index (χ3v) is 5.19. The smallest absolute Gasteiger partial charge is 0.251 e. The summed E-state index contributed by atoms with van der Waals surface area (Å²) in [6.07, 6.45) is 0.0651. The summed E-state index contributed by atoms with van der Waals surface area (Å²) < 4.78 is 26.0. The quantitative estimate of drug-likeness (QED) is 0.555. The van der Waals surface area contributed by atoms with Crippen LogP contribution in [0.4, 0.5) is 5.69 Å². The topological polar surface area (TPSA) is 108 Å². The molecule has 1 aliphatic heterocycles. The Kier molecular flexibility index (Phi) is 7.95. The molecule has 1 amide bonds. The summed E-state index contributed by atoms with van der Waals surface area (Å²) in [5.74, 6) is -0.262. The molecule has 1 aliphatic rings. The fourth-order valence-electron chi connectivity index (χ4n) is 2.48. The van der Waals surface area contributed by atoms with Crippen LogP contribution >= 0.6 is 12.4 Å². The van der Waals surface area contributed by atoms with Crippen molar-refractivity contribution in [3.8, 4) is 0 Å². The van der Waals surface area contributed by atoms with Crippen molar-refractivity contribution in [3.05, 3.63) is 29.8 Å². The lowest BCUT2D eigenvalue weighted by Crippen LogP contribution is -2.34. The summed E-state index contributed by atoms with van der Waals surface area (Å²) >= 11 is 0. The monoisotopic (exact) mass is 377 g/mol. The molecule has 9 heteroatoms. The zero-order valence-electron chi connectivity index (χ0n) is 13.5. The number of benzene rings is 1. The number of hydrogen-bond donors (Lipinski definition) is 4. The van der Waals surface area contributed by atoms with Gasteiger partial charge in [-0.1, -0.05) is 13.0 Å². The number of aliphatic hydroxyl groups is 1. The van der Waals surface area contributed by atoms with Crippen LogP contribution in [0.1, 0.15) is 23.7 Å². The number of anilines is 1. The van der Waals surface area contributed by atoms with E-state index in [1.165, 1.54) is 6.07 Å². The summed E-state index contributed by atoms with van der Waals surface area (Å²) in [5, 5.41) is 15.5. The molecule has 0 aromatic heterocycles. The van der Waals surface area contributed by atoms with Crippen molar-refractivity contribution in [1.82, 2.24) is 10.6 Å². The van der Waals surface area contributed by atoms with Crippen molar-refractivity contribution in [1.29, 1.82) is 0 Å². The zero-order valence-corrected chi connectivity index (χ0v) is 15.1. The fourth-order valence-corrected chi connectivity index (χ4v) is 3.60. The standard InChI is InChI=1S/C15H23N3O4S.ClH/c1-2-6-23(21,22)18-13-5-3-4-11(7-13)15(20)17-9-12-8-16-10-14(12)19;/h3-5,7,12,14,16,18-19H,2,6,8-10H2,1H3,(H,17,20);1H. The molecule has 0 spiro atoms. The van der Waals surface area contributed by atoms with Crippen LogP contribution in [0.2, 0.25) is 0 Å². The first kappa shape index (κ1) is 20.7. The van der Waals surface area contributed by atoms with E-state index < -0.39 is 16.1 Å². The number of rotatable bonds is 7. The number of nitrogens with one attached hydrogen (secondary N) is 3. The van der Waals surface area contributed by atoms with Gasteiger partial charge in [0.25, 0.3) is 5.91 Å². The number of β-amino-alcohol motifs (C(OH)–C–C–N with tert-alkyl or cyclic N) is 1. The largest absolute Gasteiger partial charge is 0.391 e. The van der Waals surface area contributed by atoms with Gasteiger partial charge in [0.15, 0.2) is 0 Å². The van der Waals surface area contributed by atoms with Crippen LogP contribution in [0.15, 0.2) is 24.3 Å². The highest BCUT2D eigenvalue weighted by Gasteiger charge is 2.25. The molecule has 24 heavy (non-hydrogen) atoms. The van der Waals surface area contributed by atoms with Crippen LogP contribution < -0.4 is 15.4 Å². The van der Waals surface area contributed by atoms with Crippen LogP contribution in [0, 0.1) is 5.92 Å². The van der Waals surface area contributed by atoms with Crippen molar-refractivity contribution < 1.29 is 18.3 Å². The van der Waals surface area contributed by atoms with Crippen molar-refractivity contribution >= 4 is 34.0 Å². The minimum Gasteiger partial charge on any atom is -0.391 e. The Bertz CT molecular complexity index is 654. The van der Waals surface area contributed by atoms with Gasteiger partial charge in [0.05, 0.1) is 11.9 Å². The van der Waals surface area contributed by atoms with Crippen LogP contribution in [0.25, 0.3) is 0 Å². The van der Waals surface area contributed by atoms with E-state index in [-0.39, 0.29) is 30.0 Å². The number of sulfonamides is 1. The van der Waals surface area contributed by atoms with Crippen molar-refractivity contribution in [3.63, 3.8) is 0 Å². The highest BCUT2D eigenvalue weighted by molar-refractivity contribution is 7.92. The molecule has 1 heterocycles. The number of carbonyl (C=O) groups is 1. The molecule has 4 N–H and O–H groups in total. The van der Waals surface area contributed by atoms with Gasteiger partial charge in [-0.3, -0.25) is 9.52 Å². The second-order valence-electron chi connectivity index (χ2n) is 5.70.